The van der Waals surface area contributed by atoms with Crippen LogP contribution in [0.3, 0.4) is 0 Å². The van der Waals surface area contributed by atoms with Gasteiger partial charge in [0.05, 0.1) is 17.6 Å². The van der Waals surface area contributed by atoms with Crippen LogP contribution in [-0.2, 0) is 17.8 Å². The fourth-order valence-corrected chi connectivity index (χ4v) is 3.51. The van der Waals surface area contributed by atoms with E-state index >= 15 is 0 Å². The topological polar surface area (TPSA) is 56.2 Å². The minimum absolute atomic E-state index is 0.0529. The summed E-state index contributed by atoms with van der Waals surface area (Å²) in [6.45, 7) is 7.93. The number of amides is 1. The zero-order chi connectivity index (χ0) is 20.6. The first-order chi connectivity index (χ1) is 14.1. The minimum atomic E-state index is -0.0529. The van der Waals surface area contributed by atoms with E-state index in [-0.39, 0.29) is 5.91 Å². The SMILES string of the molecule is C/C=C\C(=O)NCCCc1nc2ccccc2n1CCOc1cc(C)cc(C)c1. The molecule has 3 rings (SSSR count). The molecule has 0 bridgehead atoms. The molecule has 0 saturated heterocycles. The highest BCUT2D eigenvalue weighted by atomic mass is 16.5. The van der Waals surface area contributed by atoms with Crippen LogP contribution in [0.2, 0.25) is 0 Å². The number of nitrogens with one attached hydrogen (secondary N) is 1. The maximum absolute atomic E-state index is 11.6. The maximum Gasteiger partial charge on any atom is 0.243 e. The summed E-state index contributed by atoms with van der Waals surface area (Å²) in [6, 6.07) is 14.4. The van der Waals surface area contributed by atoms with E-state index in [4.69, 9.17) is 9.72 Å². The molecule has 5 nitrogen and oxygen atoms in total. The maximum atomic E-state index is 11.6. The number of hydrogen-bond donors (Lipinski definition) is 1. The van der Waals surface area contributed by atoms with Gasteiger partial charge in [-0.15, -0.1) is 0 Å². The van der Waals surface area contributed by atoms with Crippen molar-refractivity contribution in [2.75, 3.05) is 13.2 Å². The molecule has 0 aliphatic carbocycles. The predicted octanol–water partition coefficient (Wildman–Crippen LogP) is 4.36. The molecule has 0 spiro atoms. The molecule has 0 saturated carbocycles. The number of rotatable bonds is 9. The number of aromatic nitrogens is 2. The summed E-state index contributed by atoms with van der Waals surface area (Å²) < 4.78 is 8.24. The molecule has 1 aromatic heterocycles. The average Bonchev–Trinajstić information content (AvgIpc) is 3.02. The first kappa shape index (κ1) is 20.6. The van der Waals surface area contributed by atoms with E-state index in [1.165, 1.54) is 11.1 Å². The second-order valence-corrected chi connectivity index (χ2v) is 7.23. The Morgan fingerprint density at radius 1 is 1.17 bits per heavy atom. The molecular formula is C24H29N3O2. The summed E-state index contributed by atoms with van der Waals surface area (Å²) in [7, 11) is 0. The molecule has 0 fully saturated rings. The van der Waals surface area contributed by atoms with Crippen molar-refractivity contribution < 1.29 is 9.53 Å². The van der Waals surface area contributed by atoms with Gasteiger partial charge >= 0.3 is 0 Å². The zero-order valence-electron chi connectivity index (χ0n) is 17.4. The number of aryl methyl sites for hydroxylation is 3. The van der Waals surface area contributed by atoms with E-state index in [0.29, 0.717) is 13.2 Å². The normalized spacial score (nSPS) is 11.3. The van der Waals surface area contributed by atoms with Crippen LogP contribution >= 0.6 is 0 Å². The van der Waals surface area contributed by atoms with Gasteiger partial charge in [0.25, 0.3) is 0 Å². The van der Waals surface area contributed by atoms with E-state index in [9.17, 15) is 4.79 Å². The molecule has 152 valence electrons. The van der Waals surface area contributed by atoms with Gasteiger partial charge in [0.1, 0.15) is 18.2 Å². The van der Waals surface area contributed by atoms with Crippen molar-refractivity contribution in [3.63, 3.8) is 0 Å². The lowest BCUT2D eigenvalue weighted by atomic mass is 10.1. The van der Waals surface area contributed by atoms with Gasteiger partial charge in [-0.1, -0.05) is 24.3 Å². The molecule has 2 aromatic carbocycles. The van der Waals surface area contributed by atoms with Gasteiger partial charge in [-0.05, 0) is 68.7 Å². The Morgan fingerprint density at radius 2 is 1.93 bits per heavy atom. The molecule has 0 unspecified atom stereocenters. The molecule has 0 radical (unpaired) electrons. The summed E-state index contributed by atoms with van der Waals surface area (Å²) in [5, 5.41) is 2.89. The summed E-state index contributed by atoms with van der Waals surface area (Å²) in [5.41, 5.74) is 4.51. The van der Waals surface area contributed by atoms with Gasteiger partial charge < -0.3 is 14.6 Å². The average molecular weight is 392 g/mol. The van der Waals surface area contributed by atoms with Gasteiger partial charge in [-0.25, -0.2) is 4.98 Å². The number of hydrogen-bond acceptors (Lipinski definition) is 3. The molecule has 1 amide bonds. The van der Waals surface area contributed by atoms with E-state index < -0.39 is 0 Å². The Kier molecular flexibility index (Phi) is 7.06. The van der Waals surface area contributed by atoms with Crippen LogP contribution in [0.15, 0.2) is 54.6 Å². The lowest BCUT2D eigenvalue weighted by Gasteiger charge is -2.12. The molecule has 1 heterocycles. The number of fused-ring (bicyclic) bond motifs is 1. The third kappa shape index (κ3) is 5.70. The summed E-state index contributed by atoms with van der Waals surface area (Å²) in [6.07, 6.45) is 4.92. The molecule has 0 atom stereocenters. The molecular weight excluding hydrogens is 362 g/mol. The number of imidazole rings is 1. The number of ether oxygens (including phenoxy) is 1. The van der Waals surface area contributed by atoms with Crippen molar-refractivity contribution in [2.45, 2.75) is 40.2 Å². The molecule has 0 aliphatic heterocycles. The minimum Gasteiger partial charge on any atom is -0.492 e. The first-order valence-electron chi connectivity index (χ1n) is 10.1. The number of nitrogens with zero attached hydrogens (tertiary/aromatic N) is 2. The van der Waals surface area contributed by atoms with Crippen LogP contribution < -0.4 is 10.1 Å². The summed E-state index contributed by atoms with van der Waals surface area (Å²) >= 11 is 0. The van der Waals surface area contributed by atoms with Crippen molar-refractivity contribution in [2.24, 2.45) is 0 Å². The highest BCUT2D eigenvalue weighted by Gasteiger charge is 2.10. The van der Waals surface area contributed by atoms with Gasteiger partial charge in [0.2, 0.25) is 5.91 Å². The van der Waals surface area contributed by atoms with E-state index in [1.54, 1.807) is 12.2 Å². The Balaban J connectivity index is 1.65. The Hall–Kier alpha value is -3.08. The van der Waals surface area contributed by atoms with Crippen LogP contribution in [0.5, 0.6) is 5.75 Å². The smallest absolute Gasteiger partial charge is 0.243 e. The van der Waals surface area contributed by atoms with Crippen molar-refractivity contribution in [3.8, 4) is 5.75 Å². The van der Waals surface area contributed by atoms with Crippen LogP contribution in [0, 0.1) is 13.8 Å². The number of benzene rings is 2. The number of para-hydroxylation sites is 2. The Labute approximate surface area is 172 Å². The van der Waals surface area contributed by atoms with E-state index in [0.717, 1.165) is 42.0 Å². The van der Waals surface area contributed by atoms with Gasteiger partial charge in [-0.2, -0.15) is 0 Å². The van der Waals surface area contributed by atoms with Crippen molar-refractivity contribution >= 4 is 16.9 Å². The van der Waals surface area contributed by atoms with Crippen molar-refractivity contribution in [3.05, 3.63) is 71.6 Å². The molecule has 29 heavy (non-hydrogen) atoms. The third-order valence-corrected chi connectivity index (χ3v) is 4.71. The summed E-state index contributed by atoms with van der Waals surface area (Å²) in [4.78, 5) is 16.4. The fourth-order valence-electron chi connectivity index (χ4n) is 3.51. The Morgan fingerprint density at radius 3 is 2.69 bits per heavy atom. The monoisotopic (exact) mass is 391 g/mol. The second kappa shape index (κ2) is 9.92. The molecule has 3 aromatic rings. The Bertz CT molecular complexity index is 984. The quantitative estimate of drug-likeness (QED) is 0.436. The van der Waals surface area contributed by atoms with Gasteiger partial charge in [0, 0.05) is 13.0 Å². The van der Waals surface area contributed by atoms with E-state index in [1.807, 2.05) is 25.1 Å². The number of allylic oxidation sites excluding steroid dienone is 1. The highest BCUT2D eigenvalue weighted by molar-refractivity contribution is 5.87. The lowest BCUT2D eigenvalue weighted by molar-refractivity contribution is -0.116. The largest absolute Gasteiger partial charge is 0.492 e. The molecule has 0 aliphatic rings. The lowest BCUT2D eigenvalue weighted by Crippen LogP contribution is -2.23. The standard InChI is InChI=1S/C24H29N3O2/c1-4-8-24(28)25-12-7-11-23-26-21-9-5-6-10-22(21)27(23)13-14-29-20-16-18(2)15-19(3)17-20/h4-6,8-10,15-17H,7,11-14H2,1-3H3,(H,25,28)/b8-4-. The summed E-state index contributed by atoms with van der Waals surface area (Å²) in [5.74, 6) is 1.87. The third-order valence-electron chi connectivity index (χ3n) is 4.71. The van der Waals surface area contributed by atoms with Crippen LogP contribution in [0.4, 0.5) is 0 Å². The number of carbonyl (C=O) groups is 1. The predicted molar refractivity (Wildman–Crippen MR) is 117 cm³/mol. The van der Waals surface area contributed by atoms with E-state index in [2.05, 4.69) is 48.0 Å². The molecule has 1 N–H and O–H groups in total. The van der Waals surface area contributed by atoms with Crippen molar-refractivity contribution in [1.29, 1.82) is 0 Å². The van der Waals surface area contributed by atoms with Crippen molar-refractivity contribution in [1.82, 2.24) is 14.9 Å². The van der Waals surface area contributed by atoms with Crippen LogP contribution in [0.1, 0.15) is 30.3 Å². The number of carbonyl (C=O) groups excluding carboxylic acids is 1. The van der Waals surface area contributed by atoms with Gasteiger partial charge in [-0.3, -0.25) is 4.79 Å². The first-order valence-corrected chi connectivity index (χ1v) is 10.1. The van der Waals surface area contributed by atoms with Gasteiger partial charge in [0.15, 0.2) is 0 Å². The van der Waals surface area contributed by atoms with Crippen LogP contribution in [-0.4, -0.2) is 28.6 Å². The molecule has 5 heteroatoms. The highest BCUT2D eigenvalue weighted by Crippen LogP contribution is 2.19. The van der Waals surface area contributed by atoms with Crippen LogP contribution in [0.25, 0.3) is 11.0 Å². The second-order valence-electron chi connectivity index (χ2n) is 7.23. The fraction of sp³-hybridized carbons (Fsp3) is 0.333. The zero-order valence-corrected chi connectivity index (χ0v) is 17.4.